The summed E-state index contributed by atoms with van der Waals surface area (Å²) in [5.74, 6) is -0.755. The summed E-state index contributed by atoms with van der Waals surface area (Å²) in [7, 11) is 1.17. The Balaban J connectivity index is 2.83. The Bertz CT molecular complexity index is 669. The maximum absolute atomic E-state index is 11.4. The van der Waals surface area contributed by atoms with E-state index in [0.717, 1.165) is 0 Å². The monoisotopic (exact) mass is 333 g/mol. The summed E-state index contributed by atoms with van der Waals surface area (Å²) in [6, 6.07) is 1.28. The molecule has 0 radical (unpaired) electrons. The van der Waals surface area contributed by atoms with Gasteiger partial charge < -0.3 is 4.74 Å². The molecule has 2 aromatic heterocycles. The SMILES string of the molecule is COC(=O)c1nc2c([N+](=O)[O-])cc(Br)cn2c1Cl. The number of aromatic nitrogens is 2. The molecule has 0 aliphatic rings. The minimum atomic E-state index is -0.755. The standard InChI is InChI=1S/C9H5BrClN3O4/c1-18-9(15)6-7(11)13-3-4(10)2-5(14(16)17)8(13)12-6/h2-3H,1H3. The van der Waals surface area contributed by atoms with Crippen LogP contribution in [-0.2, 0) is 4.74 Å². The number of rotatable bonds is 2. The summed E-state index contributed by atoms with van der Waals surface area (Å²) in [6.07, 6.45) is 1.48. The van der Waals surface area contributed by atoms with E-state index in [1.807, 2.05) is 0 Å². The quantitative estimate of drug-likeness (QED) is 0.478. The number of pyridine rings is 1. The highest BCUT2D eigenvalue weighted by Crippen LogP contribution is 2.28. The molecule has 2 heterocycles. The third-order valence-corrected chi connectivity index (χ3v) is 2.98. The number of nitro groups is 1. The van der Waals surface area contributed by atoms with Crippen molar-refractivity contribution in [3.05, 3.63) is 37.7 Å². The Hall–Kier alpha value is -1.67. The number of carbonyl (C=O) groups is 1. The number of nitrogens with zero attached hydrogens (tertiary/aromatic N) is 3. The fourth-order valence-corrected chi connectivity index (χ4v) is 2.10. The van der Waals surface area contributed by atoms with E-state index in [1.54, 1.807) is 0 Å². The van der Waals surface area contributed by atoms with Gasteiger partial charge in [0.15, 0.2) is 5.69 Å². The number of carbonyl (C=O) groups excluding carboxylic acids is 1. The van der Waals surface area contributed by atoms with Gasteiger partial charge in [0.1, 0.15) is 5.15 Å². The van der Waals surface area contributed by atoms with Gasteiger partial charge in [-0.1, -0.05) is 11.6 Å². The van der Waals surface area contributed by atoms with Crippen LogP contribution in [0.15, 0.2) is 16.7 Å². The molecular formula is C9H5BrClN3O4. The number of halogens is 2. The van der Waals surface area contributed by atoms with Gasteiger partial charge in [0, 0.05) is 16.7 Å². The number of esters is 1. The van der Waals surface area contributed by atoms with Gasteiger partial charge in [-0.15, -0.1) is 0 Å². The lowest BCUT2D eigenvalue weighted by Crippen LogP contribution is -2.02. The molecule has 2 aromatic rings. The maximum atomic E-state index is 11.4. The molecule has 0 bridgehead atoms. The molecule has 9 heteroatoms. The number of fused-ring (bicyclic) bond motifs is 1. The van der Waals surface area contributed by atoms with Crippen molar-refractivity contribution in [1.29, 1.82) is 0 Å². The number of ether oxygens (including phenoxy) is 1. The van der Waals surface area contributed by atoms with Crippen LogP contribution in [0.5, 0.6) is 0 Å². The van der Waals surface area contributed by atoms with Crippen LogP contribution in [0.3, 0.4) is 0 Å². The highest BCUT2D eigenvalue weighted by atomic mass is 79.9. The predicted octanol–water partition coefficient (Wildman–Crippen LogP) is 2.45. The number of imidazole rings is 1. The molecule has 0 atom stereocenters. The molecule has 0 saturated carbocycles. The van der Waals surface area contributed by atoms with E-state index in [4.69, 9.17) is 11.6 Å². The Labute approximate surface area is 114 Å². The average Bonchev–Trinajstić information content (AvgIpc) is 2.65. The Morgan fingerprint density at radius 1 is 1.67 bits per heavy atom. The minimum Gasteiger partial charge on any atom is -0.464 e. The van der Waals surface area contributed by atoms with Crippen LogP contribution in [0.1, 0.15) is 10.5 Å². The fraction of sp³-hybridized carbons (Fsp3) is 0.111. The topological polar surface area (TPSA) is 86.7 Å². The van der Waals surface area contributed by atoms with Gasteiger partial charge in [0.25, 0.3) is 0 Å². The normalized spacial score (nSPS) is 10.6. The van der Waals surface area contributed by atoms with E-state index in [1.165, 1.54) is 23.8 Å². The predicted molar refractivity (Wildman–Crippen MR) is 65.9 cm³/mol. The summed E-state index contributed by atoms with van der Waals surface area (Å²) >= 11 is 9.06. The molecule has 0 aliphatic carbocycles. The molecule has 0 N–H and O–H groups in total. The molecule has 0 unspecified atom stereocenters. The second-order valence-corrected chi connectivity index (χ2v) is 4.51. The zero-order valence-corrected chi connectivity index (χ0v) is 11.2. The maximum Gasteiger partial charge on any atom is 0.359 e. The Morgan fingerprint density at radius 3 is 2.89 bits per heavy atom. The van der Waals surface area contributed by atoms with Gasteiger partial charge in [-0.2, -0.15) is 0 Å². The molecule has 2 rings (SSSR count). The molecule has 0 spiro atoms. The van der Waals surface area contributed by atoms with Crippen LogP contribution in [0.4, 0.5) is 5.69 Å². The largest absolute Gasteiger partial charge is 0.464 e. The Morgan fingerprint density at radius 2 is 2.33 bits per heavy atom. The van der Waals surface area contributed by atoms with Gasteiger partial charge in [-0.05, 0) is 15.9 Å². The summed E-state index contributed by atoms with van der Waals surface area (Å²) in [6.45, 7) is 0. The van der Waals surface area contributed by atoms with Crippen molar-refractivity contribution in [2.45, 2.75) is 0 Å². The summed E-state index contributed by atoms with van der Waals surface area (Å²) in [4.78, 5) is 25.5. The fourth-order valence-electron chi connectivity index (χ4n) is 1.43. The third-order valence-electron chi connectivity index (χ3n) is 2.18. The van der Waals surface area contributed by atoms with Crippen LogP contribution >= 0.6 is 27.5 Å². The first-order valence-electron chi connectivity index (χ1n) is 4.55. The van der Waals surface area contributed by atoms with Crippen molar-refractivity contribution in [2.24, 2.45) is 0 Å². The first-order valence-corrected chi connectivity index (χ1v) is 5.72. The van der Waals surface area contributed by atoms with E-state index in [-0.39, 0.29) is 22.2 Å². The summed E-state index contributed by atoms with van der Waals surface area (Å²) in [5.41, 5.74) is -0.449. The van der Waals surface area contributed by atoms with E-state index in [0.29, 0.717) is 4.47 Å². The molecule has 18 heavy (non-hydrogen) atoms. The van der Waals surface area contributed by atoms with Gasteiger partial charge >= 0.3 is 11.7 Å². The number of methoxy groups -OCH3 is 1. The van der Waals surface area contributed by atoms with E-state index in [9.17, 15) is 14.9 Å². The van der Waals surface area contributed by atoms with Gasteiger partial charge in [-0.3, -0.25) is 14.5 Å². The minimum absolute atomic E-state index is 0.0198. The first kappa shape index (κ1) is 12.8. The van der Waals surface area contributed by atoms with Crippen LogP contribution < -0.4 is 0 Å². The number of hydrogen-bond acceptors (Lipinski definition) is 5. The molecule has 0 aromatic carbocycles. The van der Waals surface area contributed by atoms with Gasteiger partial charge in [0.05, 0.1) is 12.0 Å². The van der Waals surface area contributed by atoms with E-state index >= 15 is 0 Å². The second-order valence-electron chi connectivity index (χ2n) is 3.24. The van der Waals surface area contributed by atoms with Crippen molar-refractivity contribution in [1.82, 2.24) is 9.38 Å². The van der Waals surface area contributed by atoms with Crippen molar-refractivity contribution in [3.63, 3.8) is 0 Å². The lowest BCUT2D eigenvalue weighted by molar-refractivity contribution is -0.383. The van der Waals surface area contributed by atoms with Crippen LogP contribution in [-0.4, -0.2) is 27.4 Å². The molecule has 0 aliphatic heterocycles. The molecule has 0 amide bonds. The Kier molecular flexibility index (Phi) is 3.22. The lowest BCUT2D eigenvalue weighted by atomic mass is 10.4. The van der Waals surface area contributed by atoms with Gasteiger partial charge in [0.2, 0.25) is 5.65 Å². The lowest BCUT2D eigenvalue weighted by Gasteiger charge is -1.98. The van der Waals surface area contributed by atoms with Gasteiger partial charge in [-0.25, -0.2) is 9.78 Å². The highest BCUT2D eigenvalue weighted by molar-refractivity contribution is 9.10. The third kappa shape index (κ3) is 1.93. The summed E-state index contributed by atoms with van der Waals surface area (Å²) < 4.78 is 6.18. The average molecular weight is 335 g/mol. The van der Waals surface area contributed by atoms with E-state index in [2.05, 4.69) is 25.7 Å². The van der Waals surface area contributed by atoms with Crippen LogP contribution in [0.25, 0.3) is 5.65 Å². The number of hydrogen-bond donors (Lipinski definition) is 0. The second kappa shape index (κ2) is 4.54. The van der Waals surface area contributed by atoms with Crippen molar-refractivity contribution in [3.8, 4) is 0 Å². The van der Waals surface area contributed by atoms with Crippen LogP contribution in [0, 0.1) is 10.1 Å². The molecule has 7 nitrogen and oxygen atoms in total. The zero-order valence-electron chi connectivity index (χ0n) is 8.89. The van der Waals surface area contributed by atoms with Crippen molar-refractivity contribution >= 4 is 44.8 Å². The first-order chi connectivity index (χ1) is 8.45. The molecule has 0 fully saturated rings. The molecule has 0 saturated heterocycles. The molecule has 94 valence electrons. The van der Waals surface area contributed by atoms with Crippen molar-refractivity contribution in [2.75, 3.05) is 7.11 Å². The summed E-state index contributed by atoms with van der Waals surface area (Å²) in [5, 5.41) is 10.9. The smallest absolute Gasteiger partial charge is 0.359 e. The molecular weight excluding hydrogens is 329 g/mol. The zero-order chi connectivity index (χ0) is 13.4. The van der Waals surface area contributed by atoms with Crippen LogP contribution in [0.2, 0.25) is 5.15 Å². The highest BCUT2D eigenvalue weighted by Gasteiger charge is 2.24. The van der Waals surface area contributed by atoms with E-state index < -0.39 is 10.9 Å². The van der Waals surface area contributed by atoms with Crippen molar-refractivity contribution < 1.29 is 14.5 Å².